The van der Waals surface area contributed by atoms with Crippen molar-refractivity contribution in [3.8, 4) is 11.5 Å². The molecule has 19 heavy (non-hydrogen) atoms. The second-order valence-electron chi connectivity index (χ2n) is 4.59. The van der Waals surface area contributed by atoms with Gasteiger partial charge in [0, 0.05) is 18.2 Å². The Kier molecular flexibility index (Phi) is 5.63. The van der Waals surface area contributed by atoms with Gasteiger partial charge in [-0.2, -0.15) is 0 Å². The summed E-state index contributed by atoms with van der Waals surface area (Å²) in [4.78, 5) is 11.8. The minimum atomic E-state index is -0.593. The van der Waals surface area contributed by atoms with E-state index in [0.29, 0.717) is 0 Å². The normalized spacial score (nSPS) is 12.4. The van der Waals surface area contributed by atoms with Crippen LogP contribution in [-0.4, -0.2) is 33.9 Å². The second-order valence-corrected chi connectivity index (χ2v) is 4.59. The molecule has 0 aliphatic carbocycles. The van der Waals surface area contributed by atoms with Crippen LogP contribution in [-0.2, 0) is 0 Å². The van der Waals surface area contributed by atoms with E-state index in [0.717, 1.165) is 18.9 Å². The molecule has 0 spiro atoms. The molecule has 106 valence electrons. The van der Waals surface area contributed by atoms with Gasteiger partial charge < -0.3 is 20.6 Å². The largest absolute Gasteiger partial charge is 0.508 e. The van der Waals surface area contributed by atoms with Crippen LogP contribution in [0.5, 0.6) is 11.5 Å². The van der Waals surface area contributed by atoms with E-state index >= 15 is 0 Å². The predicted octanol–water partition coefficient (Wildman–Crippen LogP) is 1.62. The summed E-state index contributed by atoms with van der Waals surface area (Å²) in [6, 6.07) is 3.67. The number of carbonyl (C=O) groups is 1. The number of hydrogen-bond donors (Lipinski definition) is 4. The van der Waals surface area contributed by atoms with Crippen LogP contribution in [0, 0.1) is 5.92 Å². The van der Waals surface area contributed by atoms with Crippen LogP contribution in [0.15, 0.2) is 18.2 Å². The number of amides is 1. The molecule has 4 N–H and O–H groups in total. The third kappa shape index (κ3) is 4.44. The molecule has 0 heterocycles. The topological polar surface area (TPSA) is 89.8 Å². The van der Waals surface area contributed by atoms with Gasteiger partial charge in [0.15, 0.2) is 0 Å². The van der Waals surface area contributed by atoms with E-state index in [2.05, 4.69) is 5.32 Å². The molecule has 1 amide bonds. The Labute approximate surface area is 112 Å². The fourth-order valence-corrected chi connectivity index (χ4v) is 2.03. The standard InChI is InChI=1S/C14H21NO4/c1-3-9(4-2)13(18)8-15-14(19)10-5-11(16)7-12(17)6-10/h5-7,9,13,16-18H,3-4,8H2,1-2H3,(H,15,19). The Morgan fingerprint density at radius 2 is 1.68 bits per heavy atom. The van der Waals surface area contributed by atoms with E-state index in [1.807, 2.05) is 13.8 Å². The van der Waals surface area contributed by atoms with Gasteiger partial charge in [0.2, 0.25) is 0 Å². The van der Waals surface area contributed by atoms with Gasteiger partial charge in [-0.1, -0.05) is 26.7 Å². The number of hydrogen-bond acceptors (Lipinski definition) is 4. The van der Waals surface area contributed by atoms with E-state index in [1.165, 1.54) is 12.1 Å². The van der Waals surface area contributed by atoms with Crippen LogP contribution >= 0.6 is 0 Å². The van der Waals surface area contributed by atoms with E-state index in [-0.39, 0.29) is 29.5 Å². The maximum absolute atomic E-state index is 11.8. The van der Waals surface area contributed by atoms with Crippen LogP contribution < -0.4 is 5.32 Å². The molecule has 0 aliphatic heterocycles. The van der Waals surface area contributed by atoms with E-state index in [9.17, 15) is 20.1 Å². The van der Waals surface area contributed by atoms with Gasteiger partial charge in [0.25, 0.3) is 5.91 Å². The average Bonchev–Trinajstić information content (AvgIpc) is 2.36. The molecule has 0 bridgehead atoms. The first-order valence-corrected chi connectivity index (χ1v) is 6.47. The lowest BCUT2D eigenvalue weighted by Gasteiger charge is -2.20. The highest BCUT2D eigenvalue weighted by atomic mass is 16.3. The van der Waals surface area contributed by atoms with Crippen molar-refractivity contribution >= 4 is 5.91 Å². The number of nitrogens with one attached hydrogen (secondary N) is 1. The fraction of sp³-hybridized carbons (Fsp3) is 0.500. The maximum atomic E-state index is 11.8. The molecule has 1 aromatic carbocycles. The second kappa shape index (κ2) is 6.99. The monoisotopic (exact) mass is 267 g/mol. The molecule has 1 aromatic rings. The minimum Gasteiger partial charge on any atom is -0.508 e. The third-order valence-electron chi connectivity index (χ3n) is 3.23. The summed E-state index contributed by atoms with van der Waals surface area (Å²) in [6.45, 7) is 4.14. The zero-order valence-corrected chi connectivity index (χ0v) is 11.3. The molecule has 5 nitrogen and oxygen atoms in total. The van der Waals surface area contributed by atoms with Crippen molar-refractivity contribution in [2.75, 3.05) is 6.54 Å². The van der Waals surface area contributed by atoms with Gasteiger partial charge in [-0.15, -0.1) is 0 Å². The lowest BCUT2D eigenvalue weighted by molar-refractivity contribution is 0.0816. The molecule has 0 saturated heterocycles. The van der Waals surface area contributed by atoms with Crippen molar-refractivity contribution < 1.29 is 20.1 Å². The Bertz CT molecular complexity index is 409. The average molecular weight is 267 g/mol. The summed E-state index contributed by atoms with van der Waals surface area (Å²) in [5.41, 5.74) is 0.161. The molecule has 0 aliphatic rings. The zero-order valence-electron chi connectivity index (χ0n) is 11.3. The highest BCUT2D eigenvalue weighted by molar-refractivity contribution is 5.95. The van der Waals surface area contributed by atoms with Gasteiger partial charge >= 0.3 is 0 Å². The molecule has 1 atom stereocenters. The van der Waals surface area contributed by atoms with Gasteiger partial charge in [0.05, 0.1) is 6.10 Å². The molecule has 0 aromatic heterocycles. The Balaban J connectivity index is 2.60. The lowest BCUT2D eigenvalue weighted by Crippen LogP contribution is -2.36. The Hall–Kier alpha value is -1.75. The van der Waals surface area contributed by atoms with Crippen molar-refractivity contribution in [2.24, 2.45) is 5.92 Å². The van der Waals surface area contributed by atoms with Crippen molar-refractivity contribution in [1.29, 1.82) is 0 Å². The number of benzene rings is 1. The molecule has 5 heteroatoms. The SMILES string of the molecule is CCC(CC)C(O)CNC(=O)c1cc(O)cc(O)c1. The minimum absolute atomic E-state index is 0.151. The summed E-state index contributed by atoms with van der Waals surface area (Å²) in [5.74, 6) is -0.634. The third-order valence-corrected chi connectivity index (χ3v) is 3.23. The molecule has 1 unspecified atom stereocenters. The van der Waals surface area contributed by atoms with Gasteiger partial charge in [0.1, 0.15) is 11.5 Å². The van der Waals surface area contributed by atoms with Crippen LogP contribution in [0.2, 0.25) is 0 Å². The quantitative estimate of drug-likeness (QED) is 0.630. The van der Waals surface area contributed by atoms with Crippen LogP contribution in [0.4, 0.5) is 0 Å². The number of phenols is 2. The van der Waals surface area contributed by atoms with E-state index in [4.69, 9.17) is 0 Å². The Morgan fingerprint density at radius 1 is 1.16 bits per heavy atom. The number of phenolic OH excluding ortho intramolecular Hbond substituents is 2. The van der Waals surface area contributed by atoms with Crippen LogP contribution in [0.25, 0.3) is 0 Å². The summed E-state index contributed by atoms with van der Waals surface area (Å²) < 4.78 is 0. The summed E-state index contributed by atoms with van der Waals surface area (Å²) >= 11 is 0. The highest BCUT2D eigenvalue weighted by Gasteiger charge is 2.17. The van der Waals surface area contributed by atoms with E-state index < -0.39 is 12.0 Å². The molecule has 0 saturated carbocycles. The first-order chi connectivity index (χ1) is 8.97. The predicted molar refractivity (Wildman–Crippen MR) is 72.2 cm³/mol. The first-order valence-electron chi connectivity index (χ1n) is 6.47. The fourth-order valence-electron chi connectivity index (χ4n) is 2.03. The number of aromatic hydroxyl groups is 2. The molecule has 1 rings (SSSR count). The Morgan fingerprint density at radius 3 is 2.16 bits per heavy atom. The first kappa shape index (κ1) is 15.3. The van der Waals surface area contributed by atoms with Crippen LogP contribution in [0.3, 0.4) is 0 Å². The highest BCUT2D eigenvalue weighted by Crippen LogP contribution is 2.20. The summed E-state index contributed by atoms with van der Waals surface area (Å²) in [5, 5.41) is 31.1. The molecular formula is C14H21NO4. The number of aliphatic hydroxyl groups is 1. The number of aliphatic hydroxyl groups excluding tert-OH is 1. The van der Waals surface area contributed by atoms with Gasteiger partial charge in [-0.05, 0) is 18.1 Å². The zero-order chi connectivity index (χ0) is 14.4. The van der Waals surface area contributed by atoms with Gasteiger partial charge in [-0.3, -0.25) is 4.79 Å². The van der Waals surface area contributed by atoms with Crippen LogP contribution in [0.1, 0.15) is 37.0 Å². The molecule has 0 radical (unpaired) electrons. The van der Waals surface area contributed by atoms with E-state index in [1.54, 1.807) is 0 Å². The summed E-state index contributed by atoms with van der Waals surface area (Å²) in [6.07, 6.45) is 1.10. The van der Waals surface area contributed by atoms with Crippen molar-refractivity contribution in [2.45, 2.75) is 32.8 Å². The van der Waals surface area contributed by atoms with Crippen molar-refractivity contribution in [3.63, 3.8) is 0 Å². The summed E-state index contributed by atoms with van der Waals surface area (Å²) in [7, 11) is 0. The van der Waals surface area contributed by atoms with Crippen molar-refractivity contribution in [1.82, 2.24) is 5.32 Å². The molecule has 0 fully saturated rings. The number of carbonyl (C=O) groups excluding carboxylic acids is 1. The maximum Gasteiger partial charge on any atom is 0.251 e. The smallest absolute Gasteiger partial charge is 0.251 e. The van der Waals surface area contributed by atoms with Crippen molar-refractivity contribution in [3.05, 3.63) is 23.8 Å². The lowest BCUT2D eigenvalue weighted by atomic mass is 9.96. The number of rotatable bonds is 6. The van der Waals surface area contributed by atoms with Gasteiger partial charge in [-0.25, -0.2) is 0 Å². The molecular weight excluding hydrogens is 246 g/mol.